The van der Waals surface area contributed by atoms with Gasteiger partial charge in [-0.05, 0) is 38.0 Å². The Morgan fingerprint density at radius 1 is 0.833 bits per heavy atom. The second-order valence-corrected chi connectivity index (χ2v) is 5.50. The first-order chi connectivity index (χ1) is 14.7. The van der Waals surface area contributed by atoms with Crippen molar-refractivity contribution in [2.45, 2.75) is 75.2 Å². The number of hydrogen-bond donors (Lipinski definition) is 2. The van der Waals surface area contributed by atoms with Crippen molar-refractivity contribution in [2.24, 2.45) is 5.92 Å². The number of fused-ring (bicyclic) bond motifs is 1. The standard InChI is InChI=1S/C10H11NO.C8H8N2.4C2H6/c12-10(8-6-7-8)11-9-4-2-1-3-5-9;1-6-7-4-2-3-5-8(7)10-9-6;4*1-2/h1-5,8H,6-7H2,(H,11,12);2-5H,1H3,(H,9,10);4*1-2H3. The van der Waals surface area contributed by atoms with Gasteiger partial charge in [0.1, 0.15) is 0 Å². The van der Waals surface area contributed by atoms with Crippen molar-refractivity contribution in [1.82, 2.24) is 10.2 Å². The highest BCUT2D eigenvalue weighted by molar-refractivity contribution is 5.93. The van der Waals surface area contributed by atoms with E-state index in [0.29, 0.717) is 0 Å². The van der Waals surface area contributed by atoms with Crippen LogP contribution in [0.5, 0.6) is 0 Å². The van der Waals surface area contributed by atoms with E-state index in [4.69, 9.17) is 0 Å². The Hall–Kier alpha value is -2.62. The largest absolute Gasteiger partial charge is 0.326 e. The summed E-state index contributed by atoms with van der Waals surface area (Å²) in [5.41, 5.74) is 3.07. The van der Waals surface area contributed by atoms with Crippen molar-refractivity contribution >= 4 is 22.5 Å². The van der Waals surface area contributed by atoms with Gasteiger partial charge in [0.2, 0.25) is 5.91 Å². The number of para-hydroxylation sites is 2. The lowest BCUT2D eigenvalue weighted by Crippen LogP contribution is -2.12. The molecule has 4 nitrogen and oxygen atoms in total. The van der Waals surface area contributed by atoms with Crippen LogP contribution in [0.25, 0.3) is 10.9 Å². The fraction of sp³-hybridized carbons (Fsp3) is 0.462. The zero-order chi connectivity index (χ0) is 23.4. The van der Waals surface area contributed by atoms with Gasteiger partial charge in [-0.25, -0.2) is 0 Å². The number of aryl methyl sites for hydroxylation is 1. The highest BCUT2D eigenvalue weighted by Crippen LogP contribution is 2.30. The monoisotopic (exact) mass is 413 g/mol. The fourth-order valence-corrected chi connectivity index (χ4v) is 2.20. The van der Waals surface area contributed by atoms with Crippen LogP contribution in [0.2, 0.25) is 0 Å². The summed E-state index contributed by atoms with van der Waals surface area (Å²) in [6, 6.07) is 17.7. The zero-order valence-corrected chi connectivity index (χ0v) is 20.5. The molecule has 2 aromatic carbocycles. The van der Waals surface area contributed by atoms with Crippen molar-refractivity contribution in [1.29, 1.82) is 0 Å². The Morgan fingerprint density at radius 2 is 1.33 bits per heavy atom. The van der Waals surface area contributed by atoms with Crippen LogP contribution in [0.15, 0.2) is 54.6 Å². The molecule has 1 fully saturated rings. The van der Waals surface area contributed by atoms with Crippen molar-refractivity contribution in [3.63, 3.8) is 0 Å². The number of aromatic nitrogens is 2. The molecule has 1 aliphatic carbocycles. The normalized spacial score (nSPS) is 10.6. The lowest BCUT2D eigenvalue weighted by molar-refractivity contribution is -0.117. The van der Waals surface area contributed by atoms with E-state index in [9.17, 15) is 4.79 Å². The Labute approximate surface area is 184 Å². The van der Waals surface area contributed by atoms with Crippen LogP contribution in [0.3, 0.4) is 0 Å². The van der Waals surface area contributed by atoms with Gasteiger partial charge in [0, 0.05) is 22.7 Å². The summed E-state index contributed by atoms with van der Waals surface area (Å²) in [5, 5.41) is 11.1. The molecule has 2 N–H and O–H groups in total. The quantitative estimate of drug-likeness (QED) is 0.447. The van der Waals surface area contributed by atoms with Crippen LogP contribution in [-0.4, -0.2) is 16.1 Å². The van der Waals surface area contributed by atoms with Crippen LogP contribution in [0, 0.1) is 12.8 Å². The van der Waals surface area contributed by atoms with E-state index in [2.05, 4.69) is 21.6 Å². The second kappa shape index (κ2) is 19.7. The van der Waals surface area contributed by atoms with Crippen LogP contribution in [0.1, 0.15) is 73.9 Å². The molecule has 1 saturated carbocycles. The number of benzene rings is 2. The molecule has 0 radical (unpaired) electrons. The maximum absolute atomic E-state index is 11.3. The number of rotatable bonds is 2. The highest BCUT2D eigenvalue weighted by Gasteiger charge is 2.29. The molecule has 3 aromatic rings. The molecule has 0 aliphatic heterocycles. The van der Waals surface area contributed by atoms with Crippen molar-refractivity contribution in [2.75, 3.05) is 5.32 Å². The molecule has 0 spiro atoms. The number of carbonyl (C=O) groups is 1. The number of nitrogens with zero attached hydrogens (tertiary/aromatic N) is 1. The van der Waals surface area contributed by atoms with Gasteiger partial charge in [0.15, 0.2) is 0 Å². The van der Waals surface area contributed by atoms with Crippen molar-refractivity contribution < 1.29 is 4.79 Å². The maximum atomic E-state index is 11.3. The molecule has 4 heteroatoms. The maximum Gasteiger partial charge on any atom is 0.227 e. The van der Waals surface area contributed by atoms with E-state index in [-0.39, 0.29) is 11.8 Å². The number of nitrogens with one attached hydrogen (secondary N) is 2. The molecule has 0 unspecified atom stereocenters. The van der Waals surface area contributed by atoms with Crippen molar-refractivity contribution in [3.8, 4) is 0 Å². The molecule has 30 heavy (non-hydrogen) atoms. The summed E-state index contributed by atoms with van der Waals surface area (Å²) < 4.78 is 0. The molecule has 0 bridgehead atoms. The third kappa shape index (κ3) is 11.4. The third-order valence-corrected chi connectivity index (χ3v) is 3.64. The predicted molar refractivity (Wildman–Crippen MR) is 134 cm³/mol. The van der Waals surface area contributed by atoms with Gasteiger partial charge >= 0.3 is 0 Å². The Balaban J connectivity index is 0. The number of carbonyl (C=O) groups excluding carboxylic acids is 1. The zero-order valence-electron chi connectivity index (χ0n) is 20.5. The average molecular weight is 414 g/mol. The summed E-state index contributed by atoms with van der Waals surface area (Å²) in [6.07, 6.45) is 2.11. The van der Waals surface area contributed by atoms with E-state index >= 15 is 0 Å². The summed E-state index contributed by atoms with van der Waals surface area (Å²) in [6.45, 7) is 18.0. The van der Waals surface area contributed by atoms with Gasteiger partial charge in [-0.3, -0.25) is 9.89 Å². The van der Waals surface area contributed by atoms with Crippen LogP contribution in [0.4, 0.5) is 5.69 Å². The minimum atomic E-state index is 0.168. The SMILES string of the molecule is CC.CC.CC.CC.Cc1[nH]nc2ccccc12.O=C(Nc1ccccc1)C1CC1. The van der Waals surface area contributed by atoms with Crippen LogP contribution in [-0.2, 0) is 4.79 Å². The molecule has 1 aliphatic rings. The van der Waals surface area contributed by atoms with Gasteiger partial charge < -0.3 is 5.32 Å². The first-order valence-electron chi connectivity index (χ1n) is 11.5. The van der Waals surface area contributed by atoms with E-state index in [1.54, 1.807) is 0 Å². The van der Waals surface area contributed by atoms with E-state index in [1.807, 2.05) is 111 Å². The molecule has 168 valence electrons. The molecule has 1 amide bonds. The molecule has 0 atom stereocenters. The minimum Gasteiger partial charge on any atom is -0.326 e. The van der Waals surface area contributed by atoms with Crippen LogP contribution < -0.4 is 5.32 Å². The summed E-state index contributed by atoms with van der Waals surface area (Å²) in [5.74, 6) is 0.450. The van der Waals surface area contributed by atoms with E-state index < -0.39 is 0 Å². The third-order valence-electron chi connectivity index (χ3n) is 3.64. The molecular weight excluding hydrogens is 370 g/mol. The lowest BCUT2D eigenvalue weighted by atomic mass is 10.2. The second-order valence-electron chi connectivity index (χ2n) is 5.50. The smallest absolute Gasteiger partial charge is 0.227 e. The Bertz CT molecular complexity index is 762. The molecule has 4 rings (SSSR count). The first kappa shape index (κ1) is 29.6. The molecular formula is C26H43N3O. The van der Waals surface area contributed by atoms with E-state index in [1.165, 1.54) is 5.39 Å². The van der Waals surface area contributed by atoms with Gasteiger partial charge in [-0.2, -0.15) is 5.10 Å². The summed E-state index contributed by atoms with van der Waals surface area (Å²) in [4.78, 5) is 11.3. The number of H-pyrrole nitrogens is 1. The molecule has 1 aromatic heterocycles. The van der Waals surface area contributed by atoms with Gasteiger partial charge in [0.05, 0.1) is 5.52 Å². The first-order valence-corrected chi connectivity index (χ1v) is 11.5. The summed E-state index contributed by atoms with van der Waals surface area (Å²) >= 11 is 0. The minimum absolute atomic E-state index is 0.168. The predicted octanol–water partition coefficient (Wildman–Crippen LogP) is 8.01. The molecule has 1 heterocycles. The Morgan fingerprint density at radius 3 is 1.83 bits per heavy atom. The highest BCUT2D eigenvalue weighted by atomic mass is 16.2. The van der Waals surface area contributed by atoms with Gasteiger partial charge in [-0.1, -0.05) is 91.8 Å². The average Bonchev–Trinajstić information content (AvgIpc) is 3.64. The number of aromatic amines is 1. The topological polar surface area (TPSA) is 57.8 Å². The van der Waals surface area contributed by atoms with Gasteiger partial charge in [-0.15, -0.1) is 0 Å². The number of amides is 1. The van der Waals surface area contributed by atoms with Crippen LogP contribution >= 0.6 is 0 Å². The number of hydrogen-bond acceptors (Lipinski definition) is 2. The Kier molecular flexibility index (Phi) is 19.4. The fourth-order valence-electron chi connectivity index (χ4n) is 2.20. The lowest BCUT2D eigenvalue weighted by Gasteiger charge is -2.01. The summed E-state index contributed by atoms with van der Waals surface area (Å²) in [7, 11) is 0. The number of anilines is 1. The van der Waals surface area contributed by atoms with E-state index in [0.717, 1.165) is 29.7 Å². The molecule has 0 saturated heterocycles. The van der Waals surface area contributed by atoms with Gasteiger partial charge in [0.25, 0.3) is 0 Å². The van der Waals surface area contributed by atoms with Crippen molar-refractivity contribution in [3.05, 3.63) is 60.3 Å².